The van der Waals surface area contributed by atoms with Crippen molar-refractivity contribution in [3.05, 3.63) is 63.2 Å². The van der Waals surface area contributed by atoms with Crippen LogP contribution in [0.3, 0.4) is 0 Å². The maximum absolute atomic E-state index is 12.2. The molecular formula is C24H30N4O2. The minimum absolute atomic E-state index is 0.146. The van der Waals surface area contributed by atoms with E-state index in [1.807, 2.05) is 6.92 Å². The largest absolute Gasteiger partial charge is 0.388 e. The highest BCUT2D eigenvalue weighted by Crippen LogP contribution is 2.42. The summed E-state index contributed by atoms with van der Waals surface area (Å²) < 4.78 is 1.44. The smallest absolute Gasteiger partial charge is 0.266 e. The Morgan fingerprint density at radius 3 is 2.60 bits per heavy atom. The lowest BCUT2D eigenvalue weighted by Gasteiger charge is -2.43. The van der Waals surface area contributed by atoms with E-state index in [4.69, 9.17) is 0 Å². The second-order valence-corrected chi connectivity index (χ2v) is 9.44. The SMILES string of the molecule is Cc1ccc2[nH]c(CN3[C@H]4CC[C@H]3CC(O)(Cn3nc(C)ccc3=O)C4)c(C)c2c1. The summed E-state index contributed by atoms with van der Waals surface area (Å²) in [4.78, 5) is 18.4. The number of fused-ring (bicyclic) bond motifs is 3. The minimum Gasteiger partial charge on any atom is -0.388 e. The Bertz CT molecular complexity index is 1150. The van der Waals surface area contributed by atoms with Crippen LogP contribution in [-0.4, -0.2) is 42.5 Å². The van der Waals surface area contributed by atoms with Gasteiger partial charge in [-0.3, -0.25) is 9.69 Å². The number of aromatic amines is 1. The van der Waals surface area contributed by atoms with Crippen LogP contribution in [0.5, 0.6) is 0 Å². The molecule has 0 spiro atoms. The van der Waals surface area contributed by atoms with E-state index in [2.05, 4.69) is 47.0 Å². The van der Waals surface area contributed by atoms with Gasteiger partial charge < -0.3 is 10.1 Å². The van der Waals surface area contributed by atoms with Crippen LogP contribution in [0.15, 0.2) is 35.1 Å². The predicted octanol–water partition coefficient (Wildman–Crippen LogP) is 3.21. The summed E-state index contributed by atoms with van der Waals surface area (Å²) in [5, 5.41) is 17.0. The molecule has 2 saturated heterocycles. The fourth-order valence-corrected chi connectivity index (χ4v) is 5.58. The van der Waals surface area contributed by atoms with Gasteiger partial charge in [0.25, 0.3) is 5.56 Å². The van der Waals surface area contributed by atoms with E-state index in [-0.39, 0.29) is 12.1 Å². The van der Waals surface area contributed by atoms with Crippen LogP contribution < -0.4 is 5.56 Å². The van der Waals surface area contributed by atoms with Crippen LogP contribution >= 0.6 is 0 Å². The average Bonchev–Trinajstić information content (AvgIpc) is 3.13. The number of nitrogens with zero attached hydrogens (tertiary/aromatic N) is 3. The third-order valence-corrected chi connectivity index (χ3v) is 7.10. The van der Waals surface area contributed by atoms with Gasteiger partial charge in [-0.2, -0.15) is 5.10 Å². The molecule has 6 nitrogen and oxygen atoms in total. The fourth-order valence-electron chi connectivity index (χ4n) is 5.58. The maximum Gasteiger partial charge on any atom is 0.266 e. The third-order valence-electron chi connectivity index (χ3n) is 7.10. The predicted molar refractivity (Wildman–Crippen MR) is 118 cm³/mol. The Labute approximate surface area is 176 Å². The van der Waals surface area contributed by atoms with Crippen molar-refractivity contribution < 1.29 is 5.11 Å². The lowest BCUT2D eigenvalue weighted by Crippen LogP contribution is -2.53. The summed E-state index contributed by atoms with van der Waals surface area (Å²) in [6.45, 7) is 7.36. The molecule has 2 aliphatic rings. The molecule has 3 aromatic rings. The molecule has 158 valence electrons. The van der Waals surface area contributed by atoms with Gasteiger partial charge in [0.05, 0.1) is 17.8 Å². The van der Waals surface area contributed by atoms with Gasteiger partial charge in [-0.05, 0) is 70.2 Å². The van der Waals surface area contributed by atoms with Crippen molar-refractivity contribution >= 4 is 10.9 Å². The Balaban J connectivity index is 1.36. The van der Waals surface area contributed by atoms with Gasteiger partial charge in [0.2, 0.25) is 0 Å². The van der Waals surface area contributed by atoms with Crippen molar-refractivity contribution in [2.75, 3.05) is 0 Å². The molecule has 30 heavy (non-hydrogen) atoms. The van der Waals surface area contributed by atoms with Gasteiger partial charge in [-0.25, -0.2) is 4.68 Å². The van der Waals surface area contributed by atoms with Crippen molar-refractivity contribution in [3.8, 4) is 0 Å². The highest BCUT2D eigenvalue weighted by Gasteiger charge is 2.48. The topological polar surface area (TPSA) is 74.2 Å². The van der Waals surface area contributed by atoms with Gasteiger partial charge in [0.15, 0.2) is 0 Å². The zero-order valence-electron chi connectivity index (χ0n) is 18.0. The molecule has 2 aliphatic heterocycles. The first-order chi connectivity index (χ1) is 14.3. The lowest BCUT2D eigenvalue weighted by molar-refractivity contribution is -0.0680. The standard InChI is InChI=1S/C24H30N4O2/c1-15-4-8-21-20(10-15)17(3)22(25-21)13-27-18-6-7-19(27)12-24(30,11-18)14-28-23(29)9-5-16(2)26-28/h4-5,8-10,18-19,25,30H,6-7,11-14H2,1-3H3/t18-,19-/m0/s1. The second-order valence-electron chi connectivity index (χ2n) is 9.44. The van der Waals surface area contributed by atoms with Gasteiger partial charge in [-0.15, -0.1) is 0 Å². The van der Waals surface area contributed by atoms with Crippen molar-refractivity contribution in [1.82, 2.24) is 19.7 Å². The first-order valence-electron chi connectivity index (χ1n) is 10.9. The molecule has 0 aliphatic carbocycles. The number of H-pyrrole nitrogens is 1. The summed E-state index contributed by atoms with van der Waals surface area (Å²) in [5.74, 6) is 0. The molecule has 2 aromatic heterocycles. The molecule has 0 amide bonds. The zero-order chi connectivity index (χ0) is 21.0. The van der Waals surface area contributed by atoms with E-state index >= 15 is 0 Å². The highest BCUT2D eigenvalue weighted by molar-refractivity contribution is 5.85. The number of aryl methyl sites for hydroxylation is 3. The summed E-state index contributed by atoms with van der Waals surface area (Å²) in [5.41, 5.74) is 4.84. The molecule has 4 heterocycles. The molecule has 2 N–H and O–H groups in total. The quantitative estimate of drug-likeness (QED) is 0.698. The molecule has 2 fully saturated rings. The van der Waals surface area contributed by atoms with E-state index in [1.165, 1.54) is 38.5 Å². The first-order valence-corrected chi connectivity index (χ1v) is 10.9. The molecule has 2 atom stereocenters. The van der Waals surface area contributed by atoms with Crippen molar-refractivity contribution in [2.24, 2.45) is 0 Å². The normalized spacial score (nSPS) is 26.5. The number of aliphatic hydroxyl groups is 1. The number of benzene rings is 1. The van der Waals surface area contributed by atoms with Crippen LogP contribution in [0.1, 0.15) is 48.2 Å². The Morgan fingerprint density at radius 2 is 1.87 bits per heavy atom. The second kappa shape index (κ2) is 7.06. The summed E-state index contributed by atoms with van der Waals surface area (Å²) in [7, 11) is 0. The number of hydrogen-bond acceptors (Lipinski definition) is 4. The van der Waals surface area contributed by atoms with Crippen LogP contribution in [-0.2, 0) is 13.1 Å². The summed E-state index contributed by atoms with van der Waals surface area (Å²) in [6.07, 6.45) is 3.57. The highest BCUT2D eigenvalue weighted by atomic mass is 16.3. The number of hydrogen-bond donors (Lipinski definition) is 2. The fraction of sp³-hybridized carbons (Fsp3) is 0.500. The molecule has 6 heteroatoms. The van der Waals surface area contributed by atoms with Crippen molar-refractivity contribution in [2.45, 2.75) is 77.2 Å². The average molecular weight is 407 g/mol. The molecule has 0 saturated carbocycles. The van der Waals surface area contributed by atoms with E-state index in [0.29, 0.717) is 24.9 Å². The molecular weight excluding hydrogens is 376 g/mol. The minimum atomic E-state index is -0.875. The Kier molecular flexibility index (Phi) is 4.60. The number of rotatable bonds is 4. The summed E-state index contributed by atoms with van der Waals surface area (Å²) >= 11 is 0. The molecule has 0 radical (unpaired) electrons. The van der Waals surface area contributed by atoms with Gasteiger partial charge in [-0.1, -0.05) is 11.6 Å². The number of piperidine rings is 1. The van der Waals surface area contributed by atoms with E-state index in [9.17, 15) is 9.90 Å². The lowest BCUT2D eigenvalue weighted by atomic mass is 9.85. The molecule has 1 aromatic carbocycles. The first kappa shape index (κ1) is 19.5. The molecule has 5 rings (SSSR count). The Morgan fingerprint density at radius 1 is 1.13 bits per heavy atom. The van der Waals surface area contributed by atoms with Gasteiger partial charge in [0.1, 0.15) is 0 Å². The van der Waals surface area contributed by atoms with Gasteiger partial charge in [0, 0.05) is 41.3 Å². The van der Waals surface area contributed by atoms with Crippen LogP contribution in [0.2, 0.25) is 0 Å². The Hall–Kier alpha value is -2.44. The van der Waals surface area contributed by atoms with Crippen LogP contribution in [0, 0.1) is 20.8 Å². The molecule has 2 bridgehead atoms. The zero-order valence-corrected chi connectivity index (χ0v) is 18.0. The van der Waals surface area contributed by atoms with Crippen LogP contribution in [0.4, 0.5) is 0 Å². The number of nitrogens with one attached hydrogen (secondary N) is 1. The van der Waals surface area contributed by atoms with E-state index < -0.39 is 5.60 Å². The summed E-state index contributed by atoms with van der Waals surface area (Å²) in [6, 6.07) is 10.5. The third kappa shape index (κ3) is 3.38. The maximum atomic E-state index is 12.2. The monoisotopic (exact) mass is 406 g/mol. The molecule has 0 unspecified atom stereocenters. The van der Waals surface area contributed by atoms with Crippen molar-refractivity contribution in [1.29, 1.82) is 0 Å². The van der Waals surface area contributed by atoms with Gasteiger partial charge >= 0.3 is 0 Å². The van der Waals surface area contributed by atoms with E-state index in [0.717, 1.165) is 25.1 Å². The van der Waals surface area contributed by atoms with Crippen LogP contribution in [0.25, 0.3) is 10.9 Å². The number of aromatic nitrogens is 3. The van der Waals surface area contributed by atoms with Crippen molar-refractivity contribution in [3.63, 3.8) is 0 Å². The van der Waals surface area contributed by atoms with E-state index in [1.54, 1.807) is 6.07 Å².